The molecule has 0 aliphatic carbocycles. The first kappa shape index (κ1) is 9.70. The van der Waals surface area contributed by atoms with Gasteiger partial charge in [0.05, 0.1) is 6.10 Å². The van der Waals surface area contributed by atoms with E-state index in [0.29, 0.717) is 0 Å². The lowest BCUT2D eigenvalue weighted by Gasteiger charge is -2.06. The van der Waals surface area contributed by atoms with Crippen molar-refractivity contribution >= 4 is 0 Å². The van der Waals surface area contributed by atoms with E-state index >= 15 is 0 Å². The Morgan fingerprint density at radius 3 is 2.70 bits per heavy atom. The summed E-state index contributed by atoms with van der Waals surface area (Å²) in [5.41, 5.74) is 0. The summed E-state index contributed by atoms with van der Waals surface area (Å²) in [5.74, 6) is 0. The zero-order valence-corrected chi connectivity index (χ0v) is 6.84. The molecule has 1 unspecified atom stereocenters. The molecule has 1 atom stereocenters. The van der Waals surface area contributed by atoms with Crippen molar-refractivity contribution in [2.75, 3.05) is 0 Å². The van der Waals surface area contributed by atoms with Gasteiger partial charge in [-0.25, -0.2) is 0 Å². The molecule has 0 radical (unpaired) electrons. The topological polar surface area (TPSA) is 20.2 Å². The van der Waals surface area contributed by atoms with Crippen molar-refractivity contribution < 1.29 is 5.11 Å². The summed E-state index contributed by atoms with van der Waals surface area (Å²) in [7, 11) is 0. The van der Waals surface area contributed by atoms with Crippen LogP contribution in [-0.2, 0) is 0 Å². The number of aliphatic hydroxyl groups is 1. The van der Waals surface area contributed by atoms with Gasteiger partial charge in [0.1, 0.15) is 0 Å². The zero-order chi connectivity index (χ0) is 7.82. The second-order valence-corrected chi connectivity index (χ2v) is 2.66. The van der Waals surface area contributed by atoms with E-state index in [-0.39, 0.29) is 6.10 Å². The lowest BCUT2D eigenvalue weighted by molar-refractivity contribution is 0.151. The number of hydrogen-bond donors (Lipinski definition) is 1. The van der Waals surface area contributed by atoms with Crippen molar-refractivity contribution in [2.24, 2.45) is 0 Å². The summed E-state index contributed by atoms with van der Waals surface area (Å²) >= 11 is 0. The fourth-order valence-electron chi connectivity index (χ4n) is 0.975. The smallest absolute Gasteiger partial charge is 0.0540 e. The standard InChI is InChI=1S/C9H18O/c1-3-5-6-8-9(10)7-4-2/h3,9-10H,1,4-8H2,2H3. The minimum absolute atomic E-state index is 0.0788. The summed E-state index contributed by atoms with van der Waals surface area (Å²) in [4.78, 5) is 0. The molecule has 0 heterocycles. The van der Waals surface area contributed by atoms with Crippen molar-refractivity contribution in [3.8, 4) is 0 Å². The molecule has 0 aliphatic heterocycles. The van der Waals surface area contributed by atoms with Crippen molar-refractivity contribution in [1.29, 1.82) is 0 Å². The Bertz CT molecular complexity index is 78.8. The molecule has 0 bridgehead atoms. The molecular formula is C9H18O. The predicted octanol–water partition coefficient (Wildman–Crippen LogP) is 2.50. The molecule has 0 saturated carbocycles. The van der Waals surface area contributed by atoms with Gasteiger partial charge >= 0.3 is 0 Å². The summed E-state index contributed by atoms with van der Waals surface area (Å²) < 4.78 is 0. The highest BCUT2D eigenvalue weighted by molar-refractivity contribution is 4.67. The van der Waals surface area contributed by atoms with Crippen LogP contribution < -0.4 is 0 Å². The van der Waals surface area contributed by atoms with Crippen LogP contribution in [0.4, 0.5) is 0 Å². The number of rotatable bonds is 6. The Hall–Kier alpha value is -0.300. The van der Waals surface area contributed by atoms with E-state index in [4.69, 9.17) is 0 Å². The van der Waals surface area contributed by atoms with E-state index in [1.54, 1.807) is 0 Å². The first-order valence-electron chi connectivity index (χ1n) is 4.10. The Kier molecular flexibility index (Phi) is 6.61. The van der Waals surface area contributed by atoms with Crippen LogP contribution >= 0.6 is 0 Å². The van der Waals surface area contributed by atoms with Gasteiger partial charge in [0, 0.05) is 0 Å². The quantitative estimate of drug-likeness (QED) is 0.446. The molecule has 0 aliphatic rings. The lowest BCUT2D eigenvalue weighted by atomic mass is 10.1. The molecular weight excluding hydrogens is 124 g/mol. The fraction of sp³-hybridized carbons (Fsp3) is 0.778. The molecule has 0 saturated heterocycles. The third-order valence-corrected chi connectivity index (χ3v) is 1.57. The van der Waals surface area contributed by atoms with E-state index < -0.39 is 0 Å². The van der Waals surface area contributed by atoms with Crippen molar-refractivity contribution in [1.82, 2.24) is 0 Å². The first-order chi connectivity index (χ1) is 4.81. The minimum Gasteiger partial charge on any atom is -0.393 e. The number of aliphatic hydroxyl groups excluding tert-OH is 1. The average molecular weight is 142 g/mol. The van der Waals surface area contributed by atoms with Gasteiger partial charge in [-0.05, 0) is 25.7 Å². The van der Waals surface area contributed by atoms with Gasteiger partial charge in [-0.1, -0.05) is 19.4 Å². The minimum atomic E-state index is -0.0788. The van der Waals surface area contributed by atoms with Gasteiger partial charge < -0.3 is 5.11 Å². The molecule has 10 heavy (non-hydrogen) atoms. The van der Waals surface area contributed by atoms with E-state index in [1.807, 2.05) is 6.08 Å². The third kappa shape index (κ3) is 5.83. The van der Waals surface area contributed by atoms with Gasteiger partial charge in [0.25, 0.3) is 0 Å². The molecule has 0 aromatic heterocycles. The fourth-order valence-corrected chi connectivity index (χ4v) is 0.975. The molecule has 0 fully saturated rings. The van der Waals surface area contributed by atoms with Crippen LogP contribution in [0.5, 0.6) is 0 Å². The van der Waals surface area contributed by atoms with E-state index in [9.17, 15) is 5.11 Å². The van der Waals surface area contributed by atoms with Crippen LogP contribution in [-0.4, -0.2) is 11.2 Å². The Balaban J connectivity index is 3.04. The summed E-state index contributed by atoms with van der Waals surface area (Å²) in [5, 5.41) is 9.24. The van der Waals surface area contributed by atoms with Crippen LogP contribution in [0.25, 0.3) is 0 Å². The number of allylic oxidation sites excluding steroid dienone is 1. The monoisotopic (exact) mass is 142 g/mol. The second kappa shape index (κ2) is 6.81. The molecule has 0 spiro atoms. The van der Waals surface area contributed by atoms with Crippen LogP contribution in [0.2, 0.25) is 0 Å². The van der Waals surface area contributed by atoms with E-state index in [2.05, 4.69) is 13.5 Å². The van der Waals surface area contributed by atoms with E-state index in [1.165, 1.54) is 0 Å². The largest absolute Gasteiger partial charge is 0.393 e. The Labute approximate surface area is 63.8 Å². The molecule has 1 N–H and O–H groups in total. The Morgan fingerprint density at radius 2 is 2.20 bits per heavy atom. The SMILES string of the molecule is C=CCCCC(O)CCC. The maximum Gasteiger partial charge on any atom is 0.0540 e. The van der Waals surface area contributed by atoms with Crippen molar-refractivity contribution in [2.45, 2.75) is 45.1 Å². The molecule has 0 aromatic carbocycles. The van der Waals surface area contributed by atoms with Gasteiger partial charge in [-0.15, -0.1) is 6.58 Å². The number of unbranched alkanes of at least 4 members (excludes halogenated alkanes) is 1. The van der Waals surface area contributed by atoms with Crippen LogP contribution in [0.15, 0.2) is 12.7 Å². The summed E-state index contributed by atoms with van der Waals surface area (Å²) in [6.45, 7) is 5.72. The molecule has 0 amide bonds. The van der Waals surface area contributed by atoms with E-state index in [0.717, 1.165) is 32.1 Å². The van der Waals surface area contributed by atoms with Crippen LogP contribution in [0.1, 0.15) is 39.0 Å². The molecule has 1 nitrogen and oxygen atoms in total. The van der Waals surface area contributed by atoms with Crippen molar-refractivity contribution in [3.05, 3.63) is 12.7 Å². The first-order valence-corrected chi connectivity index (χ1v) is 4.10. The van der Waals surface area contributed by atoms with Gasteiger partial charge in [0.15, 0.2) is 0 Å². The lowest BCUT2D eigenvalue weighted by Crippen LogP contribution is -2.04. The van der Waals surface area contributed by atoms with Gasteiger partial charge in [-0.3, -0.25) is 0 Å². The summed E-state index contributed by atoms with van der Waals surface area (Å²) in [6, 6.07) is 0. The highest BCUT2D eigenvalue weighted by Crippen LogP contribution is 2.05. The van der Waals surface area contributed by atoms with Crippen LogP contribution in [0, 0.1) is 0 Å². The number of hydrogen-bond acceptors (Lipinski definition) is 1. The molecule has 1 heteroatoms. The van der Waals surface area contributed by atoms with Gasteiger partial charge in [-0.2, -0.15) is 0 Å². The molecule has 60 valence electrons. The van der Waals surface area contributed by atoms with Crippen molar-refractivity contribution in [3.63, 3.8) is 0 Å². The van der Waals surface area contributed by atoms with Gasteiger partial charge in [0.2, 0.25) is 0 Å². The Morgan fingerprint density at radius 1 is 1.50 bits per heavy atom. The highest BCUT2D eigenvalue weighted by atomic mass is 16.3. The molecule has 0 rings (SSSR count). The highest BCUT2D eigenvalue weighted by Gasteiger charge is 1.99. The molecule has 0 aromatic rings. The van der Waals surface area contributed by atoms with Crippen LogP contribution in [0.3, 0.4) is 0 Å². The third-order valence-electron chi connectivity index (χ3n) is 1.57. The maximum absolute atomic E-state index is 9.24. The maximum atomic E-state index is 9.24. The summed E-state index contributed by atoms with van der Waals surface area (Å²) in [6.07, 6.45) is 6.88. The zero-order valence-electron chi connectivity index (χ0n) is 6.84. The predicted molar refractivity (Wildman–Crippen MR) is 45.0 cm³/mol. The average Bonchev–Trinajstić information content (AvgIpc) is 1.89. The second-order valence-electron chi connectivity index (χ2n) is 2.66. The normalized spacial score (nSPS) is 13.0.